The number of halogens is 1. The Morgan fingerprint density at radius 2 is 1.58 bits per heavy atom. The van der Waals surface area contributed by atoms with E-state index in [0.717, 1.165) is 5.69 Å². The fraction of sp³-hybridized carbons (Fsp3) is 0.235. The molecule has 0 N–H and O–H groups in total. The number of anilines is 1. The average Bonchev–Trinajstić information content (AvgIpc) is 2.62. The summed E-state index contributed by atoms with van der Waals surface area (Å²) in [6.07, 6.45) is 0. The van der Waals surface area contributed by atoms with Gasteiger partial charge in [-0.3, -0.25) is 0 Å². The Balaban J connectivity index is 1.79. The van der Waals surface area contributed by atoms with E-state index in [1.165, 1.54) is 16.4 Å². The van der Waals surface area contributed by atoms with E-state index < -0.39 is 10.0 Å². The molecule has 124 valence electrons. The van der Waals surface area contributed by atoms with Gasteiger partial charge in [0.25, 0.3) is 0 Å². The fourth-order valence-corrected chi connectivity index (χ4v) is 4.62. The first-order chi connectivity index (χ1) is 11.5. The lowest BCUT2D eigenvalue weighted by Crippen LogP contribution is -2.48. The predicted molar refractivity (Wildman–Crippen MR) is 93.6 cm³/mol. The van der Waals surface area contributed by atoms with E-state index in [9.17, 15) is 8.42 Å². The highest BCUT2D eigenvalue weighted by atomic mass is 35.5. The van der Waals surface area contributed by atoms with Crippen LogP contribution in [0.2, 0.25) is 5.02 Å². The van der Waals surface area contributed by atoms with Gasteiger partial charge in [-0.2, -0.15) is 9.57 Å². The summed E-state index contributed by atoms with van der Waals surface area (Å²) in [6.45, 7) is 1.82. The average molecular weight is 362 g/mol. The number of nitriles is 1. The molecule has 1 heterocycles. The summed E-state index contributed by atoms with van der Waals surface area (Å²) in [6, 6.07) is 15.8. The maximum Gasteiger partial charge on any atom is 0.244 e. The van der Waals surface area contributed by atoms with Crippen LogP contribution in [-0.4, -0.2) is 38.9 Å². The van der Waals surface area contributed by atoms with E-state index in [2.05, 4.69) is 4.90 Å². The van der Waals surface area contributed by atoms with Crippen LogP contribution in [-0.2, 0) is 10.0 Å². The van der Waals surface area contributed by atoms with Crippen molar-refractivity contribution in [2.24, 2.45) is 0 Å². The Hall–Kier alpha value is -2.07. The zero-order valence-electron chi connectivity index (χ0n) is 12.9. The molecule has 0 amide bonds. The molecule has 1 fully saturated rings. The lowest BCUT2D eigenvalue weighted by Gasteiger charge is -2.35. The summed E-state index contributed by atoms with van der Waals surface area (Å²) in [7, 11) is -3.67. The van der Waals surface area contributed by atoms with Gasteiger partial charge >= 0.3 is 0 Å². The quantitative estimate of drug-likeness (QED) is 0.843. The molecule has 0 spiro atoms. The molecule has 5 nitrogen and oxygen atoms in total. The van der Waals surface area contributed by atoms with Crippen molar-refractivity contribution in [2.45, 2.75) is 4.90 Å². The zero-order chi connectivity index (χ0) is 17.2. The van der Waals surface area contributed by atoms with Crippen molar-refractivity contribution in [2.75, 3.05) is 31.1 Å². The van der Waals surface area contributed by atoms with Crippen LogP contribution in [0.25, 0.3) is 0 Å². The molecule has 0 bridgehead atoms. The first-order valence-electron chi connectivity index (χ1n) is 7.53. The van der Waals surface area contributed by atoms with Gasteiger partial charge in [-0.1, -0.05) is 35.9 Å². The highest BCUT2D eigenvalue weighted by Gasteiger charge is 2.30. The van der Waals surface area contributed by atoms with E-state index in [4.69, 9.17) is 16.9 Å². The predicted octanol–water partition coefficient (Wildman–Crippen LogP) is 2.72. The van der Waals surface area contributed by atoms with Crippen molar-refractivity contribution < 1.29 is 8.42 Å². The third-order valence-electron chi connectivity index (χ3n) is 4.06. The van der Waals surface area contributed by atoms with Crippen LogP contribution in [0.4, 0.5) is 5.69 Å². The van der Waals surface area contributed by atoms with Gasteiger partial charge in [0.15, 0.2) is 0 Å². The number of rotatable bonds is 3. The van der Waals surface area contributed by atoms with Crippen molar-refractivity contribution in [1.82, 2.24) is 4.31 Å². The van der Waals surface area contributed by atoms with E-state index in [-0.39, 0.29) is 10.5 Å². The minimum Gasteiger partial charge on any atom is -0.368 e. The highest BCUT2D eigenvalue weighted by molar-refractivity contribution is 7.89. The Labute approximate surface area is 146 Å². The van der Waals surface area contributed by atoms with Gasteiger partial charge in [0.2, 0.25) is 10.0 Å². The van der Waals surface area contributed by atoms with Crippen LogP contribution in [0, 0.1) is 11.3 Å². The van der Waals surface area contributed by atoms with Crippen LogP contribution < -0.4 is 4.90 Å². The van der Waals surface area contributed by atoms with Gasteiger partial charge in [-0.05, 0) is 24.3 Å². The number of sulfonamides is 1. The first-order valence-corrected chi connectivity index (χ1v) is 9.34. The van der Waals surface area contributed by atoms with Crippen LogP contribution in [0.15, 0.2) is 53.4 Å². The number of hydrogen-bond donors (Lipinski definition) is 0. The molecule has 1 aliphatic rings. The summed E-state index contributed by atoms with van der Waals surface area (Å²) in [4.78, 5) is 2.14. The number of hydrogen-bond acceptors (Lipinski definition) is 4. The van der Waals surface area contributed by atoms with Crippen molar-refractivity contribution in [1.29, 1.82) is 5.26 Å². The monoisotopic (exact) mass is 361 g/mol. The second kappa shape index (κ2) is 6.81. The SMILES string of the molecule is N#Cc1ccccc1S(=O)(=O)N1CCN(c2ccccc2Cl)CC1. The topological polar surface area (TPSA) is 64.4 Å². The summed E-state index contributed by atoms with van der Waals surface area (Å²) >= 11 is 6.21. The summed E-state index contributed by atoms with van der Waals surface area (Å²) in [5, 5.41) is 9.80. The first kappa shape index (κ1) is 16.8. The van der Waals surface area contributed by atoms with Crippen molar-refractivity contribution in [3.63, 3.8) is 0 Å². The molecular weight excluding hydrogens is 346 g/mol. The second-order valence-corrected chi connectivity index (χ2v) is 7.76. The molecule has 0 aliphatic carbocycles. The number of benzene rings is 2. The van der Waals surface area contributed by atoms with Gasteiger partial charge in [-0.25, -0.2) is 8.42 Å². The molecule has 0 radical (unpaired) electrons. The molecule has 0 aromatic heterocycles. The molecule has 24 heavy (non-hydrogen) atoms. The molecule has 0 saturated carbocycles. The zero-order valence-corrected chi connectivity index (χ0v) is 14.5. The Bertz CT molecular complexity index is 885. The fourth-order valence-electron chi connectivity index (χ4n) is 2.80. The normalized spacial score (nSPS) is 15.9. The van der Waals surface area contributed by atoms with E-state index in [1.807, 2.05) is 30.3 Å². The standard InChI is InChI=1S/C17H16ClN3O2S/c18-15-6-2-3-7-16(15)20-9-11-21(12-10-20)24(22,23)17-8-4-1-5-14(17)13-19/h1-8H,9-12H2. The van der Waals surface area contributed by atoms with Gasteiger partial charge in [-0.15, -0.1) is 0 Å². The van der Waals surface area contributed by atoms with Gasteiger partial charge in [0, 0.05) is 26.2 Å². The molecule has 2 aromatic rings. The van der Waals surface area contributed by atoms with E-state index >= 15 is 0 Å². The second-order valence-electron chi connectivity index (χ2n) is 5.45. The lowest BCUT2D eigenvalue weighted by molar-refractivity contribution is 0.385. The van der Waals surface area contributed by atoms with Crippen LogP contribution >= 0.6 is 11.6 Å². The third kappa shape index (κ3) is 3.11. The van der Waals surface area contributed by atoms with Crippen molar-refractivity contribution in [3.05, 3.63) is 59.1 Å². The van der Waals surface area contributed by atoms with Crippen molar-refractivity contribution in [3.8, 4) is 6.07 Å². The Kier molecular flexibility index (Phi) is 4.76. The Morgan fingerprint density at radius 3 is 2.25 bits per heavy atom. The van der Waals surface area contributed by atoms with Crippen molar-refractivity contribution >= 4 is 27.3 Å². The molecule has 3 rings (SSSR count). The van der Waals surface area contributed by atoms with Gasteiger partial charge < -0.3 is 4.90 Å². The van der Waals surface area contributed by atoms with Crippen LogP contribution in [0.3, 0.4) is 0 Å². The molecule has 0 atom stereocenters. The number of nitrogens with zero attached hydrogens (tertiary/aromatic N) is 3. The van der Waals surface area contributed by atoms with Crippen LogP contribution in [0.1, 0.15) is 5.56 Å². The molecular formula is C17H16ClN3O2S. The minimum absolute atomic E-state index is 0.0682. The number of piperazine rings is 1. The smallest absolute Gasteiger partial charge is 0.244 e. The molecule has 7 heteroatoms. The Morgan fingerprint density at radius 1 is 0.958 bits per heavy atom. The molecule has 1 saturated heterocycles. The van der Waals surface area contributed by atoms with E-state index in [1.54, 1.807) is 12.1 Å². The molecule has 1 aliphatic heterocycles. The largest absolute Gasteiger partial charge is 0.368 e. The summed E-state index contributed by atoms with van der Waals surface area (Å²) < 4.78 is 27.0. The number of para-hydroxylation sites is 1. The summed E-state index contributed by atoms with van der Waals surface area (Å²) in [5.41, 5.74) is 1.08. The third-order valence-corrected chi connectivity index (χ3v) is 6.33. The molecule has 0 unspecified atom stereocenters. The van der Waals surface area contributed by atoms with Crippen LogP contribution in [0.5, 0.6) is 0 Å². The summed E-state index contributed by atoms with van der Waals surface area (Å²) in [5.74, 6) is 0. The highest BCUT2D eigenvalue weighted by Crippen LogP contribution is 2.27. The van der Waals surface area contributed by atoms with Gasteiger partial charge in [0.05, 0.1) is 21.2 Å². The van der Waals surface area contributed by atoms with Gasteiger partial charge in [0.1, 0.15) is 6.07 Å². The maximum atomic E-state index is 12.8. The lowest BCUT2D eigenvalue weighted by atomic mass is 10.2. The maximum absolute atomic E-state index is 12.8. The minimum atomic E-state index is -3.67. The molecule has 2 aromatic carbocycles. The van der Waals surface area contributed by atoms with E-state index in [0.29, 0.717) is 31.2 Å².